The molecule has 32 heavy (non-hydrogen) atoms. The smallest absolute Gasteiger partial charge is 0.303 e. The summed E-state index contributed by atoms with van der Waals surface area (Å²) in [5, 5.41) is 12.2. The summed E-state index contributed by atoms with van der Waals surface area (Å²) in [5.41, 5.74) is 1.91. The Labute approximate surface area is 196 Å². The van der Waals surface area contributed by atoms with E-state index in [-0.39, 0.29) is 30.7 Å². The van der Waals surface area contributed by atoms with Gasteiger partial charge >= 0.3 is 5.97 Å². The number of anilines is 2. The van der Waals surface area contributed by atoms with Gasteiger partial charge in [-0.3, -0.25) is 9.59 Å². The standard InChI is InChI=1S/C23H24N4O3S.ClH/c1-15-7-10-24-21(13-15)26-20-4-2-3-17(25-20)18-5-6-19(31-18)23(30)27-11-8-16(9-12-27)14-22(28)29;/h2-7,10,13,16H,8-9,11-12,14H2,1H3,(H,28,29)(H,24,25,26);1H. The van der Waals surface area contributed by atoms with Crippen molar-refractivity contribution in [2.75, 3.05) is 18.4 Å². The van der Waals surface area contributed by atoms with Crippen molar-refractivity contribution in [1.29, 1.82) is 0 Å². The van der Waals surface area contributed by atoms with Crippen LogP contribution in [0.1, 0.15) is 34.5 Å². The van der Waals surface area contributed by atoms with Gasteiger partial charge < -0.3 is 15.3 Å². The maximum Gasteiger partial charge on any atom is 0.303 e. The highest BCUT2D eigenvalue weighted by molar-refractivity contribution is 7.17. The average molecular weight is 473 g/mol. The fourth-order valence-electron chi connectivity index (χ4n) is 3.71. The summed E-state index contributed by atoms with van der Waals surface area (Å²) in [7, 11) is 0. The number of piperidine rings is 1. The molecule has 1 fully saturated rings. The van der Waals surface area contributed by atoms with Crippen molar-refractivity contribution in [2.24, 2.45) is 5.92 Å². The summed E-state index contributed by atoms with van der Waals surface area (Å²) in [6.07, 6.45) is 3.40. The monoisotopic (exact) mass is 472 g/mol. The Hall–Kier alpha value is -2.97. The van der Waals surface area contributed by atoms with Crippen LogP contribution in [0.5, 0.6) is 0 Å². The van der Waals surface area contributed by atoms with Crippen LogP contribution in [0.15, 0.2) is 48.7 Å². The van der Waals surface area contributed by atoms with Crippen LogP contribution < -0.4 is 5.32 Å². The molecule has 3 aromatic heterocycles. The Morgan fingerprint density at radius 1 is 1.16 bits per heavy atom. The quantitative estimate of drug-likeness (QED) is 0.523. The predicted octanol–water partition coefficient (Wildman–Crippen LogP) is 5.01. The highest BCUT2D eigenvalue weighted by Gasteiger charge is 2.26. The van der Waals surface area contributed by atoms with E-state index in [9.17, 15) is 9.59 Å². The zero-order chi connectivity index (χ0) is 21.8. The summed E-state index contributed by atoms with van der Waals surface area (Å²) in [6.45, 7) is 3.21. The Balaban J connectivity index is 0.00000289. The number of pyridine rings is 2. The molecule has 3 aromatic rings. The van der Waals surface area contributed by atoms with E-state index in [1.165, 1.54) is 11.3 Å². The molecular weight excluding hydrogens is 448 g/mol. The number of rotatable bonds is 6. The molecule has 2 N–H and O–H groups in total. The molecule has 0 atom stereocenters. The zero-order valence-corrected chi connectivity index (χ0v) is 19.3. The van der Waals surface area contributed by atoms with Crippen LogP contribution in [-0.2, 0) is 4.79 Å². The van der Waals surface area contributed by atoms with Crippen molar-refractivity contribution in [3.63, 3.8) is 0 Å². The molecule has 0 aliphatic carbocycles. The second-order valence-corrected chi connectivity index (χ2v) is 8.83. The molecule has 4 rings (SSSR count). The number of nitrogens with one attached hydrogen (secondary N) is 1. The topological polar surface area (TPSA) is 95.4 Å². The number of hydrogen-bond acceptors (Lipinski definition) is 6. The van der Waals surface area contributed by atoms with Gasteiger partial charge in [-0.05, 0) is 67.6 Å². The van der Waals surface area contributed by atoms with E-state index < -0.39 is 5.97 Å². The molecule has 7 nitrogen and oxygen atoms in total. The fourth-order valence-corrected chi connectivity index (χ4v) is 4.65. The Kier molecular flexibility index (Phi) is 7.82. The van der Waals surface area contributed by atoms with E-state index >= 15 is 0 Å². The van der Waals surface area contributed by atoms with Crippen LogP contribution in [-0.4, -0.2) is 44.9 Å². The highest BCUT2D eigenvalue weighted by Crippen LogP contribution is 2.30. The summed E-state index contributed by atoms with van der Waals surface area (Å²) in [6, 6.07) is 13.4. The van der Waals surface area contributed by atoms with Crippen molar-refractivity contribution in [2.45, 2.75) is 26.2 Å². The maximum absolute atomic E-state index is 12.9. The molecule has 1 aliphatic heterocycles. The van der Waals surface area contributed by atoms with Crippen molar-refractivity contribution < 1.29 is 14.7 Å². The number of carboxylic acids is 1. The number of nitrogens with zero attached hydrogens (tertiary/aromatic N) is 3. The minimum absolute atomic E-state index is 0. The number of aliphatic carboxylic acids is 1. The lowest BCUT2D eigenvalue weighted by atomic mass is 9.93. The Morgan fingerprint density at radius 2 is 1.94 bits per heavy atom. The molecule has 4 heterocycles. The third kappa shape index (κ3) is 5.83. The number of amides is 1. The van der Waals surface area contributed by atoms with Gasteiger partial charge in [0, 0.05) is 25.7 Å². The van der Waals surface area contributed by atoms with Crippen LogP contribution in [0.4, 0.5) is 11.6 Å². The number of aryl methyl sites for hydroxylation is 1. The molecule has 0 spiro atoms. The normalized spacial score (nSPS) is 14.0. The first kappa shape index (κ1) is 23.7. The van der Waals surface area contributed by atoms with Crippen molar-refractivity contribution in [3.8, 4) is 10.6 Å². The molecule has 0 radical (unpaired) electrons. The molecule has 0 unspecified atom stereocenters. The first-order valence-corrected chi connectivity index (χ1v) is 11.1. The summed E-state index contributed by atoms with van der Waals surface area (Å²) in [5.74, 6) is 0.816. The number of halogens is 1. The SMILES string of the molecule is Cc1ccnc(Nc2cccc(-c3ccc(C(=O)N4CCC(CC(=O)O)CC4)s3)n2)c1.Cl. The Bertz CT molecular complexity index is 1100. The summed E-state index contributed by atoms with van der Waals surface area (Å²) in [4.78, 5) is 36.2. The number of aromatic nitrogens is 2. The largest absolute Gasteiger partial charge is 0.481 e. The first-order valence-electron chi connectivity index (χ1n) is 10.3. The minimum atomic E-state index is -0.768. The minimum Gasteiger partial charge on any atom is -0.481 e. The second-order valence-electron chi connectivity index (χ2n) is 7.75. The van der Waals surface area contributed by atoms with Crippen LogP contribution >= 0.6 is 23.7 Å². The van der Waals surface area contributed by atoms with Crippen molar-refractivity contribution in [3.05, 3.63) is 59.1 Å². The number of carbonyl (C=O) groups is 2. The van der Waals surface area contributed by atoms with Gasteiger partial charge in [0.25, 0.3) is 5.91 Å². The molecular formula is C23H25ClN4O3S. The van der Waals surface area contributed by atoms with E-state index in [0.29, 0.717) is 23.8 Å². The van der Waals surface area contributed by atoms with E-state index in [0.717, 1.165) is 34.8 Å². The number of carbonyl (C=O) groups excluding carboxylic acids is 1. The van der Waals surface area contributed by atoms with Gasteiger partial charge in [-0.15, -0.1) is 23.7 Å². The Morgan fingerprint density at radius 3 is 2.66 bits per heavy atom. The van der Waals surface area contributed by atoms with Gasteiger partial charge in [0.05, 0.1) is 15.4 Å². The van der Waals surface area contributed by atoms with Crippen molar-refractivity contribution in [1.82, 2.24) is 14.9 Å². The third-order valence-corrected chi connectivity index (χ3v) is 6.45. The molecule has 1 saturated heterocycles. The van der Waals surface area contributed by atoms with E-state index in [2.05, 4.69) is 15.3 Å². The summed E-state index contributed by atoms with van der Waals surface area (Å²) >= 11 is 1.43. The molecule has 1 amide bonds. The summed E-state index contributed by atoms with van der Waals surface area (Å²) < 4.78 is 0. The molecule has 0 saturated carbocycles. The van der Waals surface area contributed by atoms with Crippen LogP contribution in [0.2, 0.25) is 0 Å². The molecule has 0 aromatic carbocycles. The van der Waals surface area contributed by atoms with Crippen molar-refractivity contribution >= 4 is 47.3 Å². The predicted molar refractivity (Wildman–Crippen MR) is 128 cm³/mol. The molecule has 1 aliphatic rings. The molecule has 0 bridgehead atoms. The first-order chi connectivity index (χ1) is 15.0. The number of carboxylic acid groups (broad SMARTS) is 1. The van der Waals surface area contributed by atoms with Gasteiger partial charge in [-0.1, -0.05) is 6.07 Å². The van der Waals surface area contributed by atoms with E-state index in [1.54, 1.807) is 6.20 Å². The lowest BCUT2D eigenvalue weighted by molar-refractivity contribution is -0.138. The molecule has 9 heteroatoms. The van der Waals surface area contributed by atoms with Gasteiger partial charge in [0.2, 0.25) is 0 Å². The lowest BCUT2D eigenvalue weighted by Gasteiger charge is -2.31. The second kappa shape index (κ2) is 10.6. The maximum atomic E-state index is 12.9. The van der Waals surface area contributed by atoms with Gasteiger partial charge in [-0.2, -0.15) is 0 Å². The third-order valence-electron chi connectivity index (χ3n) is 5.35. The number of likely N-dealkylation sites (tertiary alicyclic amines) is 1. The van der Waals surface area contributed by atoms with Gasteiger partial charge in [0.1, 0.15) is 11.6 Å². The van der Waals surface area contributed by atoms with Gasteiger partial charge in [-0.25, -0.2) is 9.97 Å². The molecule has 168 valence electrons. The average Bonchev–Trinajstić information content (AvgIpc) is 3.24. The van der Waals surface area contributed by atoms with E-state index in [1.807, 2.05) is 54.3 Å². The zero-order valence-electron chi connectivity index (χ0n) is 17.7. The van der Waals surface area contributed by atoms with Gasteiger partial charge in [0.15, 0.2) is 0 Å². The highest BCUT2D eigenvalue weighted by atomic mass is 35.5. The van der Waals surface area contributed by atoms with E-state index in [4.69, 9.17) is 5.11 Å². The fraction of sp³-hybridized carbons (Fsp3) is 0.304. The van der Waals surface area contributed by atoms with Crippen LogP contribution in [0, 0.1) is 12.8 Å². The number of thiophene rings is 1. The van der Waals surface area contributed by atoms with Crippen LogP contribution in [0.3, 0.4) is 0 Å². The number of hydrogen-bond donors (Lipinski definition) is 2. The lowest BCUT2D eigenvalue weighted by Crippen LogP contribution is -2.38. The van der Waals surface area contributed by atoms with Crippen LogP contribution in [0.25, 0.3) is 10.6 Å².